The molecule has 0 aliphatic heterocycles. The van der Waals surface area contributed by atoms with Gasteiger partial charge in [0.15, 0.2) is 0 Å². The van der Waals surface area contributed by atoms with Crippen LogP contribution in [-0.4, -0.2) is 40.1 Å². The van der Waals surface area contributed by atoms with Crippen LogP contribution in [0.4, 0.5) is 0 Å². The van der Waals surface area contributed by atoms with Crippen LogP contribution < -0.4 is 10.0 Å². The van der Waals surface area contributed by atoms with Gasteiger partial charge in [0.25, 0.3) is 0 Å². The molecule has 2 rings (SSSR count). The number of hydrogen-bond donors (Lipinski definition) is 2. The molecule has 2 aromatic carbocycles. The van der Waals surface area contributed by atoms with Gasteiger partial charge in [0.05, 0.1) is 12.0 Å². The molecule has 0 bridgehead atoms. The Morgan fingerprint density at radius 3 is 2.21 bits per heavy atom. The summed E-state index contributed by atoms with van der Waals surface area (Å²) in [5, 5.41) is 3.18. The molecule has 0 saturated carbocycles. The van der Waals surface area contributed by atoms with E-state index in [0.29, 0.717) is 13.0 Å². The number of sulfonamides is 1. The van der Waals surface area contributed by atoms with Crippen LogP contribution in [0.25, 0.3) is 0 Å². The van der Waals surface area contributed by atoms with Crippen LogP contribution in [0.3, 0.4) is 0 Å². The van der Waals surface area contributed by atoms with Gasteiger partial charge in [-0.05, 0) is 37.0 Å². The van der Waals surface area contributed by atoms with Crippen molar-refractivity contribution in [3.8, 4) is 0 Å². The maximum absolute atomic E-state index is 12.8. The van der Waals surface area contributed by atoms with Gasteiger partial charge in [0.1, 0.15) is 6.04 Å². The molecule has 0 aromatic heterocycles. The van der Waals surface area contributed by atoms with E-state index < -0.39 is 16.1 Å². The SMILES string of the molecule is COC(=O)[C@H](Cc1ccccc1)NC[C@@H](NS(=O)(=O)c1ccc(C)cc1)C(C)C. The highest BCUT2D eigenvalue weighted by Gasteiger charge is 2.25. The Balaban J connectivity index is 2.09. The number of methoxy groups -OCH3 is 1. The maximum Gasteiger partial charge on any atom is 0.323 e. The summed E-state index contributed by atoms with van der Waals surface area (Å²) in [5.74, 6) is -0.351. The molecule has 0 aliphatic rings. The number of ether oxygens (including phenoxy) is 1. The Hall–Kier alpha value is -2.22. The number of aryl methyl sites for hydroxylation is 1. The fourth-order valence-electron chi connectivity index (χ4n) is 2.90. The van der Waals surface area contributed by atoms with Gasteiger partial charge < -0.3 is 10.1 Å². The lowest BCUT2D eigenvalue weighted by molar-refractivity contribution is -0.143. The zero-order valence-electron chi connectivity index (χ0n) is 17.4. The lowest BCUT2D eigenvalue weighted by Gasteiger charge is -2.25. The largest absolute Gasteiger partial charge is 0.468 e. The number of hydrogen-bond acceptors (Lipinski definition) is 5. The van der Waals surface area contributed by atoms with Crippen LogP contribution >= 0.6 is 0 Å². The van der Waals surface area contributed by atoms with Gasteiger partial charge in [-0.2, -0.15) is 0 Å². The minimum atomic E-state index is -3.66. The van der Waals surface area contributed by atoms with Crippen LogP contribution in [0.1, 0.15) is 25.0 Å². The lowest BCUT2D eigenvalue weighted by atomic mass is 10.0. The molecule has 29 heavy (non-hydrogen) atoms. The average molecular weight is 419 g/mol. The molecule has 0 aliphatic carbocycles. The number of rotatable bonds is 10. The van der Waals surface area contributed by atoms with Crippen LogP contribution in [0.15, 0.2) is 59.5 Å². The van der Waals surface area contributed by atoms with Crippen molar-refractivity contribution < 1.29 is 17.9 Å². The van der Waals surface area contributed by atoms with E-state index in [-0.39, 0.29) is 22.8 Å². The average Bonchev–Trinajstić information content (AvgIpc) is 2.70. The van der Waals surface area contributed by atoms with E-state index >= 15 is 0 Å². The van der Waals surface area contributed by atoms with Crippen molar-refractivity contribution in [2.45, 2.75) is 44.2 Å². The summed E-state index contributed by atoms with van der Waals surface area (Å²) in [7, 11) is -2.31. The van der Waals surface area contributed by atoms with Gasteiger partial charge in [-0.15, -0.1) is 0 Å². The Labute approximate surface area is 173 Å². The molecule has 158 valence electrons. The second kappa shape index (κ2) is 10.5. The first-order valence-electron chi connectivity index (χ1n) is 9.67. The molecular formula is C22H30N2O4S. The van der Waals surface area contributed by atoms with Crippen molar-refractivity contribution >= 4 is 16.0 Å². The van der Waals surface area contributed by atoms with Crippen molar-refractivity contribution in [1.82, 2.24) is 10.0 Å². The summed E-state index contributed by atoms with van der Waals surface area (Å²) in [6.07, 6.45) is 0.461. The standard InChI is InChI=1S/C22H30N2O4S/c1-16(2)21(24-29(26,27)19-12-10-17(3)11-13-19)15-23-20(22(25)28-4)14-18-8-6-5-7-9-18/h5-13,16,20-21,23-24H,14-15H2,1-4H3/t20-,21+/m0/s1. The van der Waals surface area contributed by atoms with Gasteiger partial charge in [-0.1, -0.05) is 61.9 Å². The molecule has 6 nitrogen and oxygen atoms in total. The van der Waals surface area contributed by atoms with Gasteiger partial charge in [0, 0.05) is 12.6 Å². The first-order valence-corrected chi connectivity index (χ1v) is 11.2. The predicted molar refractivity (Wildman–Crippen MR) is 114 cm³/mol. The van der Waals surface area contributed by atoms with Crippen molar-refractivity contribution in [3.63, 3.8) is 0 Å². The van der Waals surface area contributed by atoms with Crippen LogP contribution in [0.5, 0.6) is 0 Å². The van der Waals surface area contributed by atoms with E-state index in [9.17, 15) is 13.2 Å². The normalized spacial score (nSPS) is 13.8. The number of carbonyl (C=O) groups excluding carboxylic acids is 1. The quantitative estimate of drug-likeness (QED) is 0.580. The second-order valence-electron chi connectivity index (χ2n) is 7.46. The summed E-state index contributed by atoms with van der Waals surface area (Å²) in [4.78, 5) is 12.4. The van der Waals surface area contributed by atoms with Crippen LogP contribution in [-0.2, 0) is 26.0 Å². The third-order valence-electron chi connectivity index (χ3n) is 4.80. The Kier molecular flexibility index (Phi) is 8.37. The molecule has 0 spiro atoms. The zero-order valence-corrected chi connectivity index (χ0v) is 18.2. The van der Waals surface area contributed by atoms with E-state index in [2.05, 4.69) is 10.0 Å². The number of carbonyl (C=O) groups is 1. The number of nitrogens with one attached hydrogen (secondary N) is 2. The molecule has 2 N–H and O–H groups in total. The monoisotopic (exact) mass is 418 g/mol. The fourth-order valence-corrected chi connectivity index (χ4v) is 4.28. The maximum atomic E-state index is 12.8. The Morgan fingerprint density at radius 1 is 1.03 bits per heavy atom. The van der Waals surface area contributed by atoms with Gasteiger partial charge >= 0.3 is 5.97 Å². The van der Waals surface area contributed by atoms with E-state index in [1.165, 1.54) is 7.11 Å². The van der Waals surface area contributed by atoms with E-state index in [1.807, 2.05) is 51.1 Å². The van der Waals surface area contributed by atoms with E-state index in [1.54, 1.807) is 24.3 Å². The first kappa shape index (κ1) is 23.1. The zero-order chi connectivity index (χ0) is 21.4. The first-order chi connectivity index (χ1) is 13.7. The topological polar surface area (TPSA) is 84.5 Å². The summed E-state index contributed by atoms with van der Waals surface area (Å²) in [6, 6.07) is 15.4. The molecule has 0 saturated heterocycles. The molecule has 7 heteroatoms. The van der Waals surface area contributed by atoms with Crippen molar-refractivity contribution in [2.24, 2.45) is 5.92 Å². The summed E-state index contributed by atoms with van der Waals surface area (Å²) < 4.78 is 33.2. The molecule has 0 heterocycles. The number of esters is 1. The van der Waals surface area contributed by atoms with Crippen molar-refractivity contribution in [2.75, 3.05) is 13.7 Å². The fraction of sp³-hybridized carbons (Fsp3) is 0.409. The van der Waals surface area contributed by atoms with Crippen molar-refractivity contribution in [1.29, 1.82) is 0 Å². The molecule has 0 radical (unpaired) electrons. The molecule has 0 fully saturated rings. The lowest BCUT2D eigenvalue weighted by Crippen LogP contribution is -2.50. The highest BCUT2D eigenvalue weighted by Crippen LogP contribution is 2.13. The second-order valence-corrected chi connectivity index (χ2v) is 9.17. The highest BCUT2D eigenvalue weighted by atomic mass is 32.2. The molecule has 0 unspecified atom stereocenters. The van der Waals surface area contributed by atoms with Crippen LogP contribution in [0, 0.1) is 12.8 Å². The molecule has 2 atom stereocenters. The summed E-state index contributed by atoms with van der Waals surface area (Å²) in [6.45, 7) is 6.09. The Morgan fingerprint density at radius 2 is 1.66 bits per heavy atom. The van der Waals surface area contributed by atoms with Gasteiger partial charge in [0.2, 0.25) is 10.0 Å². The van der Waals surface area contributed by atoms with E-state index in [4.69, 9.17) is 4.74 Å². The molecular weight excluding hydrogens is 388 g/mol. The van der Waals surface area contributed by atoms with Gasteiger partial charge in [-0.25, -0.2) is 13.1 Å². The third-order valence-corrected chi connectivity index (χ3v) is 6.30. The summed E-state index contributed by atoms with van der Waals surface area (Å²) in [5.41, 5.74) is 1.99. The van der Waals surface area contributed by atoms with Gasteiger partial charge in [-0.3, -0.25) is 4.79 Å². The minimum Gasteiger partial charge on any atom is -0.468 e. The third kappa shape index (κ3) is 6.96. The minimum absolute atomic E-state index is 0.0257. The van der Waals surface area contributed by atoms with E-state index in [0.717, 1.165) is 11.1 Å². The van der Waals surface area contributed by atoms with Crippen LogP contribution in [0.2, 0.25) is 0 Å². The highest BCUT2D eigenvalue weighted by molar-refractivity contribution is 7.89. The molecule has 2 aromatic rings. The Bertz CT molecular complexity index is 881. The molecule has 0 amide bonds. The smallest absolute Gasteiger partial charge is 0.323 e. The predicted octanol–water partition coefficient (Wildman–Crippen LogP) is 2.67. The summed E-state index contributed by atoms with van der Waals surface area (Å²) >= 11 is 0. The van der Waals surface area contributed by atoms with Crippen molar-refractivity contribution in [3.05, 3.63) is 65.7 Å². The number of benzene rings is 2.